The lowest BCUT2D eigenvalue weighted by Gasteiger charge is -2.16. The van der Waals surface area contributed by atoms with Crippen LogP contribution in [-0.2, 0) is 0 Å². The molecule has 0 aromatic heterocycles. The van der Waals surface area contributed by atoms with E-state index in [0.29, 0.717) is 0 Å². The topological polar surface area (TPSA) is 12.5 Å². The highest BCUT2D eigenvalue weighted by atomic mass is 16.5. The van der Waals surface area contributed by atoms with E-state index >= 15 is 0 Å². The van der Waals surface area contributed by atoms with Crippen LogP contribution in [0.3, 0.4) is 0 Å². The van der Waals surface area contributed by atoms with Gasteiger partial charge in [0, 0.05) is 19.3 Å². The first-order valence-electron chi connectivity index (χ1n) is 4.72. The van der Waals surface area contributed by atoms with Crippen LogP contribution < -0.4 is 9.64 Å². The number of benzene rings is 1. The summed E-state index contributed by atoms with van der Waals surface area (Å²) in [7, 11) is 2.08. The standard InChI is InChI=1S/C11H17NO/c1-4-12(3)10-6-8-11(9-7-10)13-5-2/h6-9H,4-5H2,1-3H3. The third kappa shape index (κ3) is 2.65. The van der Waals surface area contributed by atoms with Gasteiger partial charge in [-0.15, -0.1) is 0 Å². The number of rotatable bonds is 4. The monoisotopic (exact) mass is 179 g/mol. The predicted molar refractivity (Wildman–Crippen MR) is 56.6 cm³/mol. The molecule has 72 valence electrons. The number of hydrogen-bond donors (Lipinski definition) is 0. The maximum absolute atomic E-state index is 5.36. The maximum Gasteiger partial charge on any atom is 0.119 e. The van der Waals surface area contributed by atoms with E-state index in [0.717, 1.165) is 18.9 Å². The molecule has 1 rings (SSSR count). The van der Waals surface area contributed by atoms with Crippen LogP contribution in [0.4, 0.5) is 5.69 Å². The molecule has 0 fully saturated rings. The SMILES string of the molecule is CCOc1ccc(N(C)CC)cc1. The molecule has 0 heterocycles. The van der Waals surface area contributed by atoms with Crippen molar-refractivity contribution in [3.8, 4) is 5.75 Å². The smallest absolute Gasteiger partial charge is 0.119 e. The van der Waals surface area contributed by atoms with E-state index in [9.17, 15) is 0 Å². The van der Waals surface area contributed by atoms with Crippen LogP contribution in [0.25, 0.3) is 0 Å². The fourth-order valence-corrected chi connectivity index (χ4v) is 1.15. The molecule has 0 bridgehead atoms. The molecule has 0 aliphatic heterocycles. The first-order chi connectivity index (χ1) is 6.27. The molecule has 0 saturated heterocycles. The number of hydrogen-bond acceptors (Lipinski definition) is 2. The molecule has 0 atom stereocenters. The molecular formula is C11H17NO. The predicted octanol–water partition coefficient (Wildman–Crippen LogP) is 2.54. The molecule has 0 saturated carbocycles. The van der Waals surface area contributed by atoms with Gasteiger partial charge in [-0.3, -0.25) is 0 Å². The van der Waals surface area contributed by atoms with Crippen LogP contribution in [0.2, 0.25) is 0 Å². The molecule has 2 heteroatoms. The van der Waals surface area contributed by atoms with Gasteiger partial charge >= 0.3 is 0 Å². The summed E-state index contributed by atoms with van der Waals surface area (Å²) in [6.07, 6.45) is 0. The minimum Gasteiger partial charge on any atom is -0.494 e. The molecule has 1 aromatic rings. The van der Waals surface area contributed by atoms with Crippen molar-refractivity contribution in [3.63, 3.8) is 0 Å². The second-order valence-electron chi connectivity index (χ2n) is 2.94. The Bertz CT molecular complexity index is 243. The Balaban J connectivity index is 2.69. The summed E-state index contributed by atoms with van der Waals surface area (Å²) < 4.78 is 5.36. The van der Waals surface area contributed by atoms with Crippen molar-refractivity contribution in [2.75, 3.05) is 25.1 Å². The number of nitrogens with zero attached hydrogens (tertiary/aromatic N) is 1. The Kier molecular flexibility index (Phi) is 3.62. The van der Waals surface area contributed by atoms with E-state index in [2.05, 4.69) is 31.0 Å². The molecule has 0 N–H and O–H groups in total. The summed E-state index contributed by atoms with van der Waals surface area (Å²) in [6, 6.07) is 8.17. The van der Waals surface area contributed by atoms with E-state index in [1.54, 1.807) is 0 Å². The molecule has 0 spiro atoms. The van der Waals surface area contributed by atoms with Gasteiger partial charge in [-0.05, 0) is 38.1 Å². The average Bonchev–Trinajstić information content (AvgIpc) is 2.18. The lowest BCUT2D eigenvalue weighted by atomic mass is 10.3. The lowest BCUT2D eigenvalue weighted by Crippen LogP contribution is -2.15. The highest BCUT2D eigenvalue weighted by Crippen LogP contribution is 2.17. The van der Waals surface area contributed by atoms with Crippen LogP contribution in [0.5, 0.6) is 5.75 Å². The molecule has 0 aliphatic rings. The number of anilines is 1. The fraction of sp³-hybridized carbons (Fsp3) is 0.455. The first kappa shape index (κ1) is 9.90. The van der Waals surface area contributed by atoms with Crippen LogP contribution >= 0.6 is 0 Å². The zero-order valence-electron chi connectivity index (χ0n) is 8.58. The Morgan fingerprint density at radius 2 is 1.77 bits per heavy atom. The molecule has 0 radical (unpaired) electrons. The minimum atomic E-state index is 0.725. The molecule has 0 aliphatic carbocycles. The van der Waals surface area contributed by atoms with E-state index in [1.807, 2.05) is 19.1 Å². The van der Waals surface area contributed by atoms with Crippen LogP contribution in [-0.4, -0.2) is 20.2 Å². The fourth-order valence-electron chi connectivity index (χ4n) is 1.15. The normalized spacial score (nSPS) is 9.77. The van der Waals surface area contributed by atoms with Crippen LogP contribution in [0, 0.1) is 0 Å². The van der Waals surface area contributed by atoms with E-state index < -0.39 is 0 Å². The van der Waals surface area contributed by atoms with Crippen molar-refractivity contribution in [2.45, 2.75) is 13.8 Å². The van der Waals surface area contributed by atoms with Gasteiger partial charge < -0.3 is 9.64 Å². The second kappa shape index (κ2) is 4.75. The Labute approximate surface area is 80.1 Å². The van der Waals surface area contributed by atoms with Gasteiger partial charge in [0.05, 0.1) is 6.61 Å². The summed E-state index contributed by atoms with van der Waals surface area (Å²) in [6.45, 7) is 5.87. The number of ether oxygens (including phenoxy) is 1. The van der Waals surface area contributed by atoms with Crippen molar-refractivity contribution in [1.29, 1.82) is 0 Å². The summed E-state index contributed by atoms with van der Waals surface area (Å²) >= 11 is 0. The van der Waals surface area contributed by atoms with Crippen molar-refractivity contribution >= 4 is 5.69 Å². The highest BCUT2D eigenvalue weighted by molar-refractivity contribution is 5.48. The molecule has 0 amide bonds. The zero-order valence-corrected chi connectivity index (χ0v) is 8.58. The highest BCUT2D eigenvalue weighted by Gasteiger charge is 1.97. The largest absolute Gasteiger partial charge is 0.494 e. The van der Waals surface area contributed by atoms with Crippen molar-refractivity contribution in [1.82, 2.24) is 0 Å². The zero-order chi connectivity index (χ0) is 9.68. The molecule has 13 heavy (non-hydrogen) atoms. The Morgan fingerprint density at radius 3 is 2.23 bits per heavy atom. The molecule has 2 nitrogen and oxygen atoms in total. The first-order valence-corrected chi connectivity index (χ1v) is 4.72. The van der Waals surface area contributed by atoms with Crippen molar-refractivity contribution in [2.24, 2.45) is 0 Å². The van der Waals surface area contributed by atoms with E-state index in [1.165, 1.54) is 5.69 Å². The van der Waals surface area contributed by atoms with Gasteiger partial charge in [0.2, 0.25) is 0 Å². The Morgan fingerprint density at radius 1 is 1.15 bits per heavy atom. The molecule has 1 aromatic carbocycles. The van der Waals surface area contributed by atoms with Gasteiger partial charge in [0.25, 0.3) is 0 Å². The van der Waals surface area contributed by atoms with Crippen LogP contribution in [0.15, 0.2) is 24.3 Å². The van der Waals surface area contributed by atoms with Gasteiger partial charge in [-0.2, -0.15) is 0 Å². The van der Waals surface area contributed by atoms with Gasteiger partial charge in [-0.1, -0.05) is 0 Å². The van der Waals surface area contributed by atoms with E-state index in [-0.39, 0.29) is 0 Å². The van der Waals surface area contributed by atoms with Gasteiger partial charge in [0.1, 0.15) is 5.75 Å². The summed E-state index contributed by atoms with van der Waals surface area (Å²) in [5, 5.41) is 0. The average molecular weight is 179 g/mol. The summed E-state index contributed by atoms with van der Waals surface area (Å²) in [5.41, 5.74) is 1.23. The van der Waals surface area contributed by atoms with Gasteiger partial charge in [-0.25, -0.2) is 0 Å². The quantitative estimate of drug-likeness (QED) is 0.704. The van der Waals surface area contributed by atoms with Crippen LogP contribution in [0.1, 0.15) is 13.8 Å². The van der Waals surface area contributed by atoms with Crippen molar-refractivity contribution < 1.29 is 4.74 Å². The third-order valence-corrected chi connectivity index (χ3v) is 2.06. The lowest BCUT2D eigenvalue weighted by molar-refractivity contribution is 0.340. The molecule has 0 unspecified atom stereocenters. The van der Waals surface area contributed by atoms with Gasteiger partial charge in [0.15, 0.2) is 0 Å². The summed E-state index contributed by atoms with van der Waals surface area (Å²) in [5.74, 6) is 0.941. The summed E-state index contributed by atoms with van der Waals surface area (Å²) in [4.78, 5) is 2.19. The maximum atomic E-state index is 5.36. The Hall–Kier alpha value is -1.18. The van der Waals surface area contributed by atoms with Crippen molar-refractivity contribution in [3.05, 3.63) is 24.3 Å². The van der Waals surface area contributed by atoms with E-state index in [4.69, 9.17) is 4.74 Å². The third-order valence-electron chi connectivity index (χ3n) is 2.06. The minimum absolute atomic E-state index is 0.725. The molecular weight excluding hydrogens is 162 g/mol. The second-order valence-corrected chi connectivity index (χ2v) is 2.94.